The van der Waals surface area contributed by atoms with E-state index in [1.807, 2.05) is 13.8 Å². The van der Waals surface area contributed by atoms with Crippen LogP contribution in [0, 0.1) is 31.1 Å². The third kappa shape index (κ3) is 1.57. The minimum absolute atomic E-state index is 0.480. The summed E-state index contributed by atoms with van der Waals surface area (Å²) >= 11 is 0. The Balaban J connectivity index is 2.03. The van der Waals surface area contributed by atoms with E-state index in [-0.39, 0.29) is 0 Å². The summed E-state index contributed by atoms with van der Waals surface area (Å²) in [5.41, 5.74) is 2.49. The standard InChI is InChI=1S/C13H17N5/c1-8-9(2)16-17-13(11(8)5-14)18-4-3-10-6-15-7-12(10)18/h10,12,15H,3-4,6-7H2,1-2H3/t10-,12+/m0/s1. The fourth-order valence-electron chi connectivity index (χ4n) is 3.04. The lowest BCUT2D eigenvalue weighted by atomic mass is 10.0. The molecule has 3 heterocycles. The Labute approximate surface area is 107 Å². The second kappa shape index (κ2) is 4.21. The van der Waals surface area contributed by atoms with Gasteiger partial charge in [-0.05, 0) is 31.7 Å². The van der Waals surface area contributed by atoms with Crippen molar-refractivity contribution in [2.24, 2.45) is 5.92 Å². The highest BCUT2D eigenvalue weighted by Crippen LogP contribution is 2.33. The van der Waals surface area contributed by atoms with Gasteiger partial charge < -0.3 is 10.2 Å². The molecule has 2 atom stereocenters. The first-order valence-corrected chi connectivity index (χ1v) is 6.43. The van der Waals surface area contributed by atoms with Gasteiger partial charge in [0.25, 0.3) is 0 Å². The molecule has 1 aromatic heterocycles. The van der Waals surface area contributed by atoms with Crippen molar-refractivity contribution in [3.63, 3.8) is 0 Å². The number of nitrogens with zero attached hydrogens (tertiary/aromatic N) is 4. The Hall–Kier alpha value is -1.67. The quantitative estimate of drug-likeness (QED) is 0.789. The van der Waals surface area contributed by atoms with Crippen LogP contribution in [0.25, 0.3) is 0 Å². The Bertz CT molecular complexity index is 519. The topological polar surface area (TPSA) is 64.8 Å². The van der Waals surface area contributed by atoms with Crippen molar-refractivity contribution in [1.82, 2.24) is 15.5 Å². The maximum atomic E-state index is 9.36. The van der Waals surface area contributed by atoms with Gasteiger partial charge in [-0.25, -0.2) is 0 Å². The number of rotatable bonds is 1. The molecule has 3 rings (SSSR count). The highest BCUT2D eigenvalue weighted by molar-refractivity contribution is 5.59. The summed E-state index contributed by atoms with van der Waals surface area (Å²) in [5.74, 6) is 1.47. The van der Waals surface area contributed by atoms with Crippen LogP contribution in [0.15, 0.2) is 0 Å². The molecule has 94 valence electrons. The zero-order valence-corrected chi connectivity index (χ0v) is 10.8. The minimum Gasteiger partial charge on any atom is -0.349 e. The van der Waals surface area contributed by atoms with Crippen LogP contribution in [0.1, 0.15) is 23.2 Å². The second-order valence-corrected chi connectivity index (χ2v) is 5.19. The van der Waals surface area contributed by atoms with E-state index in [1.54, 1.807) is 0 Å². The molecule has 0 amide bonds. The van der Waals surface area contributed by atoms with E-state index in [2.05, 4.69) is 26.5 Å². The van der Waals surface area contributed by atoms with Gasteiger partial charge in [0.15, 0.2) is 5.82 Å². The molecule has 0 radical (unpaired) electrons. The summed E-state index contributed by atoms with van der Waals surface area (Å²) in [7, 11) is 0. The molecule has 0 aliphatic carbocycles. The van der Waals surface area contributed by atoms with Crippen LogP contribution in [0.2, 0.25) is 0 Å². The predicted molar refractivity (Wildman–Crippen MR) is 68.3 cm³/mol. The summed E-state index contributed by atoms with van der Waals surface area (Å²) < 4.78 is 0. The van der Waals surface area contributed by atoms with Gasteiger partial charge in [-0.3, -0.25) is 0 Å². The Kier molecular flexibility index (Phi) is 2.67. The van der Waals surface area contributed by atoms with Crippen molar-refractivity contribution in [3.8, 4) is 6.07 Å². The van der Waals surface area contributed by atoms with E-state index in [0.29, 0.717) is 17.5 Å². The molecule has 2 saturated heterocycles. The van der Waals surface area contributed by atoms with Gasteiger partial charge in [-0.1, -0.05) is 0 Å². The average molecular weight is 243 g/mol. The number of hydrogen-bond donors (Lipinski definition) is 1. The highest BCUT2D eigenvalue weighted by atomic mass is 15.3. The van der Waals surface area contributed by atoms with Gasteiger partial charge in [0.05, 0.1) is 5.69 Å². The van der Waals surface area contributed by atoms with Crippen LogP contribution in [0.4, 0.5) is 5.82 Å². The Morgan fingerprint density at radius 3 is 2.94 bits per heavy atom. The molecule has 18 heavy (non-hydrogen) atoms. The van der Waals surface area contributed by atoms with Crippen LogP contribution in [-0.2, 0) is 0 Å². The van der Waals surface area contributed by atoms with Crippen LogP contribution in [-0.4, -0.2) is 35.9 Å². The van der Waals surface area contributed by atoms with Gasteiger partial charge in [-0.2, -0.15) is 10.4 Å². The molecule has 5 nitrogen and oxygen atoms in total. The normalized spacial score (nSPS) is 26.2. The number of nitrogens with one attached hydrogen (secondary N) is 1. The van der Waals surface area contributed by atoms with Crippen molar-refractivity contribution < 1.29 is 0 Å². The molecule has 5 heteroatoms. The predicted octanol–water partition coefficient (Wildman–Crippen LogP) is 0.763. The molecule has 1 N–H and O–H groups in total. The SMILES string of the molecule is Cc1nnc(N2CC[C@H]3CNC[C@H]32)c(C#N)c1C. The third-order valence-corrected chi connectivity index (χ3v) is 4.27. The number of hydrogen-bond acceptors (Lipinski definition) is 5. The average Bonchev–Trinajstić information content (AvgIpc) is 2.95. The zero-order valence-electron chi connectivity index (χ0n) is 10.8. The van der Waals surface area contributed by atoms with Gasteiger partial charge in [0.1, 0.15) is 11.6 Å². The van der Waals surface area contributed by atoms with Crippen LogP contribution in [0.5, 0.6) is 0 Å². The summed E-state index contributed by atoms with van der Waals surface area (Å²) in [6, 6.07) is 2.78. The molecule has 0 bridgehead atoms. The van der Waals surface area contributed by atoms with Crippen molar-refractivity contribution in [1.29, 1.82) is 5.26 Å². The number of aryl methyl sites for hydroxylation is 1. The molecule has 1 aromatic rings. The molecule has 0 saturated carbocycles. The van der Waals surface area contributed by atoms with Crippen LogP contribution < -0.4 is 10.2 Å². The van der Waals surface area contributed by atoms with Gasteiger partial charge >= 0.3 is 0 Å². The first-order valence-electron chi connectivity index (χ1n) is 6.43. The van der Waals surface area contributed by atoms with Gasteiger partial charge in [0.2, 0.25) is 0 Å². The molecule has 0 aromatic carbocycles. The molecular formula is C13H17N5. The summed E-state index contributed by atoms with van der Waals surface area (Å²) in [5, 5.41) is 21.2. The van der Waals surface area contributed by atoms with Crippen molar-refractivity contribution in [2.75, 3.05) is 24.5 Å². The number of anilines is 1. The van der Waals surface area contributed by atoms with Crippen LogP contribution in [0.3, 0.4) is 0 Å². The van der Waals surface area contributed by atoms with Crippen LogP contribution >= 0.6 is 0 Å². The van der Waals surface area contributed by atoms with E-state index in [4.69, 9.17) is 0 Å². The largest absolute Gasteiger partial charge is 0.349 e. The van der Waals surface area contributed by atoms with E-state index in [1.165, 1.54) is 6.42 Å². The van der Waals surface area contributed by atoms with Gasteiger partial charge in [-0.15, -0.1) is 5.10 Å². The monoisotopic (exact) mass is 243 g/mol. The fraction of sp³-hybridized carbons (Fsp3) is 0.615. The Morgan fingerprint density at radius 1 is 1.33 bits per heavy atom. The third-order valence-electron chi connectivity index (χ3n) is 4.27. The molecule has 0 unspecified atom stereocenters. The maximum absolute atomic E-state index is 9.36. The van der Waals surface area contributed by atoms with Crippen molar-refractivity contribution in [3.05, 3.63) is 16.8 Å². The Morgan fingerprint density at radius 2 is 2.17 bits per heavy atom. The number of fused-ring (bicyclic) bond motifs is 1. The molecule has 0 spiro atoms. The van der Waals surface area contributed by atoms with E-state index >= 15 is 0 Å². The number of aromatic nitrogens is 2. The second-order valence-electron chi connectivity index (χ2n) is 5.19. The molecule has 2 aliphatic rings. The zero-order chi connectivity index (χ0) is 12.7. The van der Waals surface area contributed by atoms with Gasteiger partial charge in [0, 0.05) is 25.7 Å². The minimum atomic E-state index is 0.480. The lowest BCUT2D eigenvalue weighted by Crippen LogP contribution is -2.35. The molecule has 2 aliphatic heterocycles. The molecule has 2 fully saturated rings. The smallest absolute Gasteiger partial charge is 0.169 e. The summed E-state index contributed by atoms with van der Waals surface area (Å²) in [6.45, 7) is 6.91. The van der Waals surface area contributed by atoms with E-state index in [9.17, 15) is 5.26 Å². The lowest BCUT2D eigenvalue weighted by molar-refractivity contribution is 0.576. The summed E-state index contributed by atoms with van der Waals surface area (Å²) in [4.78, 5) is 2.27. The van der Waals surface area contributed by atoms with E-state index in [0.717, 1.165) is 36.7 Å². The maximum Gasteiger partial charge on any atom is 0.169 e. The highest BCUT2D eigenvalue weighted by Gasteiger charge is 2.39. The van der Waals surface area contributed by atoms with Crippen molar-refractivity contribution in [2.45, 2.75) is 26.3 Å². The van der Waals surface area contributed by atoms with E-state index < -0.39 is 0 Å². The first kappa shape index (κ1) is 11.4. The van der Waals surface area contributed by atoms with Crippen molar-refractivity contribution >= 4 is 5.82 Å². The lowest BCUT2D eigenvalue weighted by Gasteiger charge is -2.25. The first-order chi connectivity index (χ1) is 8.72. The number of nitriles is 1. The fourth-order valence-corrected chi connectivity index (χ4v) is 3.04. The molecular weight excluding hydrogens is 226 g/mol. The summed E-state index contributed by atoms with van der Waals surface area (Å²) in [6.07, 6.45) is 1.18.